The number of hydrogen-bond donors (Lipinski definition) is 0. The largest absolute Gasteiger partial charge is 0.495 e. The van der Waals surface area contributed by atoms with Crippen LogP contribution < -0.4 is 0 Å². The Morgan fingerprint density at radius 3 is 1.07 bits per heavy atom. The Morgan fingerprint density at radius 1 is 0.395 bits per heavy atom. The summed E-state index contributed by atoms with van der Waals surface area (Å²) in [7, 11) is 0. The van der Waals surface area contributed by atoms with E-state index in [1.54, 1.807) is 0 Å². The van der Waals surface area contributed by atoms with Crippen LogP contribution in [0, 0.1) is 0 Å². The molecule has 7 nitrogen and oxygen atoms in total. The molecule has 2 atom stereocenters. The molecule has 0 aliphatic carbocycles. The lowest BCUT2D eigenvalue weighted by atomic mass is 10.1. The molecule has 0 spiro atoms. The van der Waals surface area contributed by atoms with E-state index in [0.717, 1.165) is 62.9 Å². The van der Waals surface area contributed by atoms with Crippen molar-refractivity contribution < 1.29 is 33.2 Å². The maximum Gasteiger partial charge on any atom is 0.223 e. The summed E-state index contributed by atoms with van der Waals surface area (Å²) in [6.45, 7) is 19.9. The van der Waals surface area contributed by atoms with Gasteiger partial charge in [0, 0.05) is 12.8 Å². The fraction of sp³-hybridized carbons (Fsp3) is 0.889. The van der Waals surface area contributed by atoms with Gasteiger partial charge in [0.2, 0.25) is 12.6 Å². The van der Waals surface area contributed by atoms with Crippen molar-refractivity contribution in [1.29, 1.82) is 0 Å². The highest BCUT2D eigenvalue weighted by Gasteiger charge is 2.31. The van der Waals surface area contributed by atoms with Crippen molar-refractivity contribution in [2.75, 3.05) is 39.6 Å². The lowest BCUT2D eigenvalue weighted by Gasteiger charge is -2.30. The van der Waals surface area contributed by atoms with Gasteiger partial charge < -0.3 is 33.2 Å². The first-order chi connectivity index (χ1) is 21.1. The molecule has 0 heterocycles. The third-order valence-corrected chi connectivity index (χ3v) is 6.95. The predicted molar refractivity (Wildman–Crippen MR) is 178 cm³/mol. The highest BCUT2D eigenvalue weighted by molar-refractivity contribution is 5.09. The Labute approximate surface area is 266 Å². The van der Waals surface area contributed by atoms with Crippen LogP contribution in [0.3, 0.4) is 0 Å². The van der Waals surface area contributed by atoms with Crippen molar-refractivity contribution in [1.82, 2.24) is 0 Å². The quantitative estimate of drug-likeness (QED) is 0.0424. The van der Waals surface area contributed by atoms with E-state index >= 15 is 0 Å². The number of rotatable bonds is 32. The molecule has 0 amide bonds. The molecule has 0 saturated heterocycles. The van der Waals surface area contributed by atoms with Crippen LogP contribution in [-0.4, -0.2) is 52.2 Å². The molecule has 0 fully saturated rings. The Morgan fingerprint density at radius 2 is 0.744 bits per heavy atom. The molecule has 2 unspecified atom stereocenters. The van der Waals surface area contributed by atoms with E-state index in [4.69, 9.17) is 33.2 Å². The first kappa shape index (κ1) is 41.6. The maximum absolute atomic E-state index is 6.75. The predicted octanol–water partition coefficient (Wildman–Crippen LogP) is 10.6. The second kappa shape index (κ2) is 30.6. The second-order valence-electron chi connectivity index (χ2n) is 10.9. The summed E-state index contributed by atoms with van der Waals surface area (Å²) >= 11 is 0. The Bertz CT molecular complexity index is 605. The molecule has 0 aromatic rings. The van der Waals surface area contributed by atoms with Crippen LogP contribution in [-0.2, 0) is 33.2 Å². The van der Waals surface area contributed by atoms with Gasteiger partial charge in [-0.3, -0.25) is 0 Å². The van der Waals surface area contributed by atoms with E-state index in [1.165, 1.54) is 51.4 Å². The lowest BCUT2D eigenvalue weighted by Crippen LogP contribution is -2.34. The molecular weight excluding hydrogens is 544 g/mol. The lowest BCUT2D eigenvalue weighted by molar-refractivity contribution is -0.242. The summed E-state index contributed by atoms with van der Waals surface area (Å²) in [5.74, 6) is 2.73. The summed E-state index contributed by atoms with van der Waals surface area (Å²) in [4.78, 5) is 0. The molecule has 0 rings (SSSR count). The average Bonchev–Trinajstić information content (AvgIpc) is 3.00. The zero-order valence-corrected chi connectivity index (χ0v) is 29.6. The third-order valence-electron chi connectivity index (χ3n) is 6.95. The molecule has 7 heteroatoms. The van der Waals surface area contributed by atoms with Gasteiger partial charge >= 0.3 is 0 Å². The average molecular weight is 615 g/mol. The van der Waals surface area contributed by atoms with E-state index in [1.807, 2.05) is 27.7 Å². The zero-order chi connectivity index (χ0) is 32.0. The van der Waals surface area contributed by atoms with Crippen molar-refractivity contribution in [3.05, 3.63) is 23.0 Å². The van der Waals surface area contributed by atoms with E-state index < -0.39 is 12.6 Å². The molecule has 0 aliphatic heterocycles. The van der Waals surface area contributed by atoms with Crippen molar-refractivity contribution >= 4 is 0 Å². The van der Waals surface area contributed by atoms with Crippen molar-refractivity contribution in [2.24, 2.45) is 0 Å². The van der Waals surface area contributed by atoms with E-state index in [0.29, 0.717) is 51.2 Å². The molecular formula is C36H70O7. The van der Waals surface area contributed by atoms with Gasteiger partial charge in [-0.05, 0) is 53.4 Å². The minimum absolute atomic E-state index is 0.479. The van der Waals surface area contributed by atoms with Crippen LogP contribution in [0.25, 0.3) is 0 Å². The Kier molecular flexibility index (Phi) is 29.6. The first-order valence-corrected chi connectivity index (χ1v) is 17.9. The molecule has 0 aliphatic rings. The van der Waals surface area contributed by atoms with E-state index in [2.05, 4.69) is 27.7 Å². The number of unbranched alkanes of at least 4 members (excludes halogenated alkanes) is 10. The smallest absolute Gasteiger partial charge is 0.223 e. The SMILES string of the molecule is CCCCCCCCOC(OC(OCCCCCCCC)C(OCC)=C(CCC)OCC)C(OCC)=C(CCC)OCC. The summed E-state index contributed by atoms with van der Waals surface area (Å²) in [5.41, 5.74) is 0. The van der Waals surface area contributed by atoms with E-state index in [9.17, 15) is 0 Å². The van der Waals surface area contributed by atoms with Crippen LogP contribution in [0.5, 0.6) is 0 Å². The standard InChI is InChI=1S/C36H70O7/c1-9-17-19-21-23-25-29-41-35(33(39-15-7)31(27-11-3)37-13-5)43-36(42-30-26-24-22-20-18-10-2)34(40-16-8)32(28-12-4)38-14-6/h35-36H,9-30H2,1-8H3. The van der Waals surface area contributed by atoms with Crippen LogP contribution in [0.15, 0.2) is 23.0 Å². The van der Waals surface area contributed by atoms with Crippen LogP contribution >= 0.6 is 0 Å². The van der Waals surface area contributed by atoms with Crippen LogP contribution in [0.1, 0.15) is 158 Å². The molecule has 256 valence electrons. The molecule has 43 heavy (non-hydrogen) atoms. The molecule has 0 bridgehead atoms. The van der Waals surface area contributed by atoms with Gasteiger partial charge in [0.15, 0.2) is 11.5 Å². The molecule has 0 aromatic carbocycles. The topological polar surface area (TPSA) is 64.6 Å². The zero-order valence-electron chi connectivity index (χ0n) is 29.6. The van der Waals surface area contributed by atoms with Gasteiger partial charge in [-0.25, -0.2) is 0 Å². The van der Waals surface area contributed by atoms with Gasteiger partial charge in [-0.2, -0.15) is 0 Å². The summed E-state index contributed by atoms with van der Waals surface area (Å²) < 4.78 is 44.3. The maximum atomic E-state index is 6.75. The van der Waals surface area contributed by atoms with Gasteiger partial charge in [-0.1, -0.05) is 91.9 Å². The number of hydrogen-bond acceptors (Lipinski definition) is 7. The third kappa shape index (κ3) is 20.3. The molecule has 0 N–H and O–H groups in total. The normalized spacial score (nSPS) is 14.1. The monoisotopic (exact) mass is 615 g/mol. The summed E-state index contributed by atoms with van der Waals surface area (Å²) in [5, 5.41) is 0. The highest BCUT2D eigenvalue weighted by atomic mass is 16.8. The van der Waals surface area contributed by atoms with E-state index in [-0.39, 0.29) is 0 Å². The number of ether oxygens (including phenoxy) is 7. The first-order valence-electron chi connectivity index (χ1n) is 17.9. The molecule has 0 aromatic heterocycles. The second-order valence-corrected chi connectivity index (χ2v) is 10.9. The Hall–Kier alpha value is -1.44. The van der Waals surface area contributed by atoms with Gasteiger partial charge in [0.25, 0.3) is 0 Å². The minimum Gasteiger partial charge on any atom is -0.495 e. The van der Waals surface area contributed by atoms with Gasteiger partial charge in [0.1, 0.15) is 11.5 Å². The van der Waals surface area contributed by atoms with Crippen molar-refractivity contribution in [3.63, 3.8) is 0 Å². The summed E-state index contributed by atoms with van der Waals surface area (Å²) in [6, 6.07) is 0. The van der Waals surface area contributed by atoms with Gasteiger partial charge in [-0.15, -0.1) is 0 Å². The fourth-order valence-electron chi connectivity index (χ4n) is 4.82. The van der Waals surface area contributed by atoms with Crippen LogP contribution in [0.2, 0.25) is 0 Å². The Balaban J connectivity index is 6.32. The highest BCUT2D eigenvalue weighted by Crippen LogP contribution is 2.28. The summed E-state index contributed by atoms with van der Waals surface area (Å²) in [6.07, 6.45) is 15.9. The minimum atomic E-state index is -0.793. The molecule has 0 saturated carbocycles. The van der Waals surface area contributed by atoms with Crippen LogP contribution in [0.4, 0.5) is 0 Å². The molecule has 0 radical (unpaired) electrons. The fourth-order valence-corrected chi connectivity index (χ4v) is 4.82. The van der Waals surface area contributed by atoms with Crippen molar-refractivity contribution in [3.8, 4) is 0 Å². The van der Waals surface area contributed by atoms with Crippen molar-refractivity contribution in [2.45, 2.75) is 171 Å². The van der Waals surface area contributed by atoms with Gasteiger partial charge in [0.05, 0.1) is 39.6 Å². The number of allylic oxidation sites excluding steroid dienone is 2.